The maximum absolute atomic E-state index is 12.4. The lowest BCUT2D eigenvalue weighted by Crippen LogP contribution is -2.48. The molecule has 0 aliphatic heterocycles. The van der Waals surface area contributed by atoms with Gasteiger partial charge in [-0.25, -0.2) is 13.1 Å². The molecule has 3 N–H and O–H groups in total. The van der Waals surface area contributed by atoms with Gasteiger partial charge in [0, 0.05) is 17.6 Å². The van der Waals surface area contributed by atoms with Gasteiger partial charge in [0.1, 0.15) is 0 Å². The molecule has 0 saturated heterocycles. The molecule has 0 aliphatic carbocycles. The Kier molecular flexibility index (Phi) is 5.01. The molecule has 1 atom stereocenters. The third kappa shape index (κ3) is 4.18. The minimum Gasteiger partial charge on any atom is -0.329 e. The van der Waals surface area contributed by atoms with Crippen LogP contribution in [0.25, 0.3) is 0 Å². The van der Waals surface area contributed by atoms with Crippen LogP contribution < -0.4 is 10.5 Å². The van der Waals surface area contributed by atoms with Crippen molar-refractivity contribution in [1.29, 1.82) is 0 Å². The Labute approximate surface area is 120 Å². The summed E-state index contributed by atoms with van der Waals surface area (Å²) >= 11 is 5.87. The predicted octanol–water partition coefficient (Wildman–Crippen LogP) is 2.30. The van der Waals surface area contributed by atoms with Crippen molar-refractivity contribution in [3.8, 4) is 0 Å². The van der Waals surface area contributed by atoms with E-state index >= 15 is 0 Å². The van der Waals surface area contributed by atoms with Gasteiger partial charge in [-0.1, -0.05) is 38.4 Å². The number of rotatable bonds is 4. The van der Waals surface area contributed by atoms with Crippen LogP contribution in [-0.4, -0.2) is 21.0 Å². The summed E-state index contributed by atoms with van der Waals surface area (Å²) in [5.74, 6) is 0. The predicted molar refractivity (Wildman–Crippen MR) is 78.8 cm³/mol. The van der Waals surface area contributed by atoms with Crippen LogP contribution in [0.5, 0.6) is 0 Å². The van der Waals surface area contributed by atoms with Crippen LogP contribution >= 0.6 is 11.6 Å². The van der Waals surface area contributed by atoms with E-state index in [1.807, 2.05) is 20.8 Å². The molecule has 19 heavy (non-hydrogen) atoms. The van der Waals surface area contributed by atoms with Crippen LogP contribution in [0.15, 0.2) is 23.1 Å². The Balaban J connectivity index is 3.14. The third-order valence-electron chi connectivity index (χ3n) is 3.02. The van der Waals surface area contributed by atoms with Gasteiger partial charge in [-0.05, 0) is 30.0 Å². The number of nitrogens with one attached hydrogen (secondary N) is 1. The number of sulfonamides is 1. The zero-order valence-electron chi connectivity index (χ0n) is 11.7. The average Bonchev–Trinajstić information content (AvgIpc) is 2.27. The van der Waals surface area contributed by atoms with Crippen molar-refractivity contribution < 1.29 is 8.42 Å². The zero-order valence-corrected chi connectivity index (χ0v) is 13.3. The highest BCUT2D eigenvalue weighted by Crippen LogP contribution is 2.24. The first kappa shape index (κ1) is 16.4. The fourth-order valence-corrected chi connectivity index (χ4v) is 3.65. The van der Waals surface area contributed by atoms with Gasteiger partial charge >= 0.3 is 0 Å². The Hall–Kier alpha value is -0.620. The molecule has 6 heteroatoms. The zero-order chi connectivity index (χ0) is 14.8. The smallest absolute Gasteiger partial charge is 0.241 e. The molecule has 108 valence electrons. The highest BCUT2D eigenvalue weighted by molar-refractivity contribution is 7.89. The molecule has 0 aromatic heterocycles. The lowest BCUT2D eigenvalue weighted by molar-refractivity contribution is 0.304. The summed E-state index contributed by atoms with van der Waals surface area (Å²) in [6.45, 7) is 7.80. The Bertz CT molecular complexity index is 550. The second-order valence-corrected chi connectivity index (χ2v) is 7.80. The molecule has 0 heterocycles. The van der Waals surface area contributed by atoms with Crippen molar-refractivity contribution in [3.63, 3.8) is 0 Å². The van der Waals surface area contributed by atoms with Crippen molar-refractivity contribution in [2.45, 2.75) is 38.6 Å². The highest BCUT2D eigenvalue weighted by atomic mass is 35.5. The van der Waals surface area contributed by atoms with Crippen molar-refractivity contribution in [3.05, 3.63) is 28.8 Å². The lowest BCUT2D eigenvalue weighted by Gasteiger charge is -2.30. The molecule has 1 aromatic rings. The maximum Gasteiger partial charge on any atom is 0.241 e. The largest absolute Gasteiger partial charge is 0.329 e. The molecule has 0 amide bonds. The van der Waals surface area contributed by atoms with E-state index in [-0.39, 0.29) is 22.9 Å². The SMILES string of the molecule is Cc1ccc(Cl)cc1S(=O)(=O)NC(CN)C(C)(C)C. The molecule has 1 aromatic carbocycles. The number of hydrogen-bond acceptors (Lipinski definition) is 3. The summed E-state index contributed by atoms with van der Waals surface area (Å²) in [6.07, 6.45) is 0. The molecule has 0 radical (unpaired) electrons. The molecular weight excluding hydrogens is 284 g/mol. The lowest BCUT2D eigenvalue weighted by atomic mass is 9.88. The van der Waals surface area contributed by atoms with Crippen molar-refractivity contribution >= 4 is 21.6 Å². The van der Waals surface area contributed by atoms with Gasteiger partial charge in [-0.3, -0.25) is 0 Å². The number of halogens is 1. The molecule has 0 saturated carbocycles. The number of hydrogen-bond donors (Lipinski definition) is 2. The Morgan fingerprint density at radius 2 is 1.95 bits per heavy atom. The van der Waals surface area contributed by atoms with E-state index in [1.165, 1.54) is 6.07 Å². The third-order valence-corrected chi connectivity index (χ3v) is 4.87. The van der Waals surface area contributed by atoms with Gasteiger partial charge in [-0.2, -0.15) is 0 Å². The van der Waals surface area contributed by atoms with E-state index in [0.717, 1.165) is 0 Å². The summed E-state index contributed by atoms with van der Waals surface area (Å²) in [5.41, 5.74) is 6.06. The first-order valence-corrected chi connectivity index (χ1v) is 7.92. The maximum atomic E-state index is 12.4. The second kappa shape index (κ2) is 5.79. The monoisotopic (exact) mass is 304 g/mol. The Morgan fingerprint density at radius 3 is 2.42 bits per heavy atom. The summed E-state index contributed by atoms with van der Waals surface area (Å²) in [7, 11) is -3.62. The van der Waals surface area contributed by atoms with E-state index in [1.54, 1.807) is 19.1 Å². The van der Waals surface area contributed by atoms with Crippen LogP contribution in [0.2, 0.25) is 5.02 Å². The van der Waals surface area contributed by atoms with Gasteiger partial charge in [0.25, 0.3) is 0 Å². The van der Waals surface area contributed by atoms with Gasteiger partial charge in [0.15, 0.2) is 0 Å². The molecule has 0 fully saturated rings. The van der Waals surface area contributed by atoms with Crippen molar-refractivity contribution in [2.24, 2.45) is 11.1 Å². The van der Waals surface area contributed by atoms with E-state index in [2.05, 4.69) is 4.72 Å². The van der Waals surface area contributed by atoms with E-state index in [9.17, 15) is 8.42 Å². The molecule has 0 aliphatic rings. The fourth-order valence-electron chi connectivity index (χ4n) is 1.69. The van der Waals surface area contributed by atoms with Gasteiger partial charge in [0.2, 0.25) is 10.0 Å². The molecular formula is C13H21ClN2O2S. The molecule has 0 spiro atoms. The summed E-state index contributed by atoms with van der Waals surface area (Å²) in [4.78, 5) is 0.197. The molecule has 1 rings (SSSR count). The number of nitrogens with two attached hydrogens (primary N) is 1. The Morgan fingerprint density at radius 1 is 1.37 bits per heavy atom. The summed E-state index contributed by atoms with van der Waals surface area (Å²) in [5, 5.41) is 0.394. The second-order valence-electron chi connectivity index (χ2n) is 5.69. The van der Waals surface area contributed by atoms with Crippen LogP contribution in [0.1, 0.15) is 26.3 Å². The quantitative estimate of drug-likeness (QED) is 0.896. The van der Waals surface area contributed by atoms with Gasteiger partial charge in [-0.15, -0.1) is 0 Å². The van der Waals surface area contributed by atoms with Gasteiger partial charge < -0.3 is 5.73 Å². The normalized spacial score (nSPS) is 14.4. The van der Waals surface area contributed by atoms with Gasteiger partial charge in [0.05, 0.1) is 4.90 Å². The summed E-state index contributed by atoms with van der Waals surface area (Å²) < 4.78 is 27.4. The van der Waals surface area contributed by atoms with Crippen LogP contribution in [-0.2, 0) is 10.0 Å². The standard InChI is InChI=1S/C13H21ClN2O2S/c1-9-5-6-10(14)7-11(9)19(17,18)16-12(8-15)13(2,3)4/h5-7,12,16H,8,15H2,1-4H3. The highest BCUT2D eigenvalue weighted by Gasteiger charge is 2.29. The van der Waals surface area contributed by atoms with E-state index in [4.69, 9.17) is 17.3 Å². The minimum absolute atomic E-state index is 0.197. The molecule has 4 nitrogen and oxygen atoms in total. The fraction of sp³-hybridized carbons (Fsp3) is 0.538. The first-order valence-electron chi connectivity index (χ1n) is 6.06. The topological polar surface area (TPSA) is 72.2 Å². The average molecular weight is 305 g/mol. The van der Waals surface area contributed by atoms with E-state index in [0.29, 0.717) is 10.6 Å². The van der Waals surface area contributed by atoms with Crippen LogP contribution in [0.3, 0.4) is 0 Å². The van der Waals surface area contributed by atoms with E-state index < -0.39 is 10.0 Å². The summed E-state index contributed by atoms with van der Waals surface area (Å²) in [6, 6.07) is 4.47. The number of benzene rings is 1. The van der Waals surface area contributed by atoms with Crippen LogP contribution in [0, 0.1) is 12.3 Å². The molecule has 1 unspecified atom stereocenters. The van der Waals surface area contributed by atoms with Crippen LogP contribution in [0.4, 0.5) is 0 Å². The number of aryl methyl sites for hydroxylation is 1. The van der Waals surface area contributed by atoms with Crippen molar-refractivity contribution in [1.82, 2.24) is 4.72 Å². The molecule has 0 bridgehead atoms. The first-order chi connectivity index (χ1) is 8.58. The minimum atomic E-state index is -3.62. The van der Waals surface area contributed by atoms with Crippen molar-refractivity contribution in [2.75, 3.05) is 6.54 Å².